The molecular formula is C28H43N3O5. The first-order valence-corrected chi connectivity index (χ1v) is 13.3. The molecule has 2 saturated carbocycles. The molecule has 36 heavy (non-hydrogen) atoms. The number of aliphatic hydroxyl groups excluding tert-OH is 1. The normalized spacial score (nSPS) is 18.5. The first kappa shape index (κ1) is 28.0. The highest BCUT2D eigenvalue weighted by molar-refractivity contribution is 5.93. The van der Waals surface area contributed by atoms with Crippen LogP contribution in [0.15, 0.2) is 18.2 Å². The lowest BCUT2D eigenvalue weighted by molar-refractivity contribution is -0.148. The summed E-state index contributed by atoms with van der Waals surface area (Å²) in [5.74, 6) is -0.678. The Morgan fingerprint density at radius 1 is 1.06 bits per heavy atom. The molecule has 0 aliphatic heterocycles. The Labute approximate surface area is 215 Å². The Bertz CT molecular complexity index is 932. The molecule has 8 heteroatoms. The average molecular weight is 502 g/mol. The van der Waals surface area contributed by atoms with E-state index < -0.39 is 36.3 Å². The summed E-state index contributed by atoms with van der Waals surface area (Å²) in [6.07, 6.45) is 6.93. The van der Waals surface area contributed by atoms with Crippen molar-refractivity contribution in [2.75, 3.05) is 6.61 Å². The van der Waals surface area contributed by atoms with Gasteiger partial charge in [0.15, 0.2) is 0 Å². The SMILES string of the molecule is Cc1cccc(C(C(=O)NC2CCCCC2)N(C(=O)C(CO)NC(=O)OC(C)(C)C)C2CCC2)c1C. The molecule has 3 N–H and O–H groups in total. The van der Waals surface area contributed by atoms with E-state index in [1.54, 1.807) is 25.7 Å². The van der Waals surface area contributed by atoms with Gasteiger partial charge in [0.2, 0.25) is 11.8 Å². The number of aliphatic hydroxyl groups is 1. The second-order valence-electron chi connectivity index (χ2n) is 11.2. The molecule has 2 aliphatic carbocycles. The van der Waals surface area contributed by atoms with Crippen LogP contribution in [0, 0.1) is 13.8 Å². The number of carbonyl (C=O) groups is 3. The molecule has 2 aliphatic rings. The first-order valence-electron chi connectivity index (χ1n) is 13.3. The zero-order chi connectivity index (χ0) is 26.5. The van der Waals surface area contributed by atoms with Crippen LogP contribution < -0.4 is 10.6 Å². The van der Waals surface area contributed by atoms with Crippen molar-refractivity contribution in [3.05, 3.63) is 34.9 Å². The van der Waals surface area contributed by atoms with Crippen LogP contribution in [-0.4, -0.2) is 58.2 Å². The molecule has 0 heterocycles. The minimum Gasteiger partial charge on any atom is -0.444 e. The second-order valence-corrected chi connectivity index (χ2v) is 11.2. The Hall–Kier alpha value is -2.61. The summed E-state index contributed by atoms with van der Waals surface area (Å²) in [4.78, 5) is 41.9. The number of rotatable bonds is 8. The van der Waals surface area contributed by atoms with Gasteiger partial charge >= 0.3 is 6.09 Å². The predicted octanol–water partition coefficient (Wildman–Crippen LogP) is 4.06. The van der Waals surface area contributed by atoms with Crippen LogP contribution in [0.2, 0.25) is 0 Å². The molecule has 0 spiro atoms. The van der Waals surface area contributed by atoms with E-state index in [0.29, 0.717) is 0 Å². The quantitative estimate of drug-likeness (QED) is 0.498. The van der Waals surface area contributed by atoms with Crippen molar-refractivity contribution < 1.29 is 24.2 Å². The lowest BCUT2D eigenvalue weighted by Crippen LogP contribution is -2.59. The van der Waals surface area contributed by atoms with E-state index in [1.165, 1.54) is 6.42 Å². The molecule has 0 bridgehead atoms. The van der Waals surface area contributed by atoms with Crippen LogP contribution in [0.3, 0.4) is 0 Å². The smallest absolute Gasteiger partial charge is 0.408 e. The molecule has 8 nitrogen and oxygen atoms in total. The van der Waals surface area contributed by atoms with Gasteiger partial charge in [0.25, 0.3) is 0 Å². The summed E-state index contributed by atoms with van der Waals surface area (Å²) in [6.45, 7) is 8.56. The maximum Gasteiger partial charge on any atom is 0.408 e. The van der Waals surface area contributed by atoms with Gasteiger partial charge in [-0.05, 0) is 83.4 Å². The monoisotopic (exact) mass is 501 g/mol. The fraction of sp³-hybridized carbons (Fsp3) is 0.679. The van der Waals surface area contributed by atoms with Gasteiger partial charge in [0.1, 0.15) is 17.7 Å². The van der Waals surface area contributed by atoms with Gasteiger partial charge in [-0.2, -0.15) is 0 Å². The van der Waals surface area contributed by atoms with Crippen molar-refractivity contribution in [1.29, 1.82) is 0 Å². The standard InChI is InChI=1S/C28H43N3O5/c1-18-11-9-16-22(19(18)2)24(25(33)29-20-12-7-6-8-13-20)31(21-14-10-15-21)26(34)23(17-32)30-27(35)36-28(3,4)5/h9,11,16,20-21,23-24,32H,6-8,10,12-15,17H2,1-5H3,(H,29,33)(H,30,35). The summed E-state index contributed by atoms with van der Waals surface area (Å²) in [7, 11) is 0. The van der Waals surface area contributed by atoms with Crippen molar-refractivity contribution in [3.8, 4) is 0 Å². The van der Waals surface area contributed by atoms with Crippen LogP contribution in [0.25, 0.3) is 0 Å². The van der Waals surface area contributed by atoms with Gasteiger partial charge in [0.05, 0.1) is 6.61 Å². The van der Waals surface area contributed by atoms with Gasteiger partial charge < -0.3 is 25.4 Å². The highest BCUT2D eigenvalue weighted by atomic mass is 16.6. The van der Waals surface area contributed by atoms with Crippen molar-refractivity contribution in [2.24, 2.45) is 0 Å². The van der Waals surface area contributed by atoms with Gasteiger partial charge in [-0.1, -0.05) is 37.5 Å². The molecular weight excluding hydrogens is 458 g/mol. The molecule has 2 unspecified atom stereocenters. The van der Waals surface area contributed by atoms with E-state index in [2.05, 4.69) is 10.6 Å². The number of nitrogens with one attached hydrogen (secondary N) is 2. The number of nitrogens with zero attached hydrogens (tertiary/aromatic N) is 1. The zero-order valence-corrected chi connectivity index (χ0v) is 22.4. The topological polar surface area (TPSA) is 108 Å². The largest absolute Gasteiger partial charge is 0.444 e. The second kappa shape index (κ2) is 12.1. The highest BCUT2D eigenvalue weighted by Crippen LogP contribution is 2.35. The molecule has 2 fully saturated rings. The molecule has 1 aromatic carbocycles. The van der Waals surface area contributed by atoms with Crippen LogP contribution >= 0.6 is 0 Å². The van der Waals surface area contributed by atoms with Gasteiger partial charge in [0, 0.05) is 12.1 Å². The van der Waals surface area contributed by atoms with Crippen molar-refractivity contribution in [1.82, 2.24) is 15.5 Å². The maximum absolute atomic E-state index is 13.9. The molecule has 0 saturated heterocycles. The van der Waals surface area contributed by atoms with Gasteiger partial charge in [-0.3, -0.25) is 9.59 Å². The maximum atomic E-state index is 13.9. The Kier molecular flexibility index (Phi) is 9.39. The third-order valence-corrected chi connectivity index (χ3v) is 7.31. The fourth-order valence-corrected chi connectivity index (χ4v) is 5.01. The Morgan fingerprint density at radius 2 is 1.72 bits per heavy atom. The van der Waals surface area contributed by atoms with E-state index in [-0.39, 0.29) is 18.0 Å². The van der Waals surface area contributed by atoms with E-state index in [1.807, 2.05) is 32.0 Å². The third-order valence-electron chi connectivity index (χ3n) is 7.31. The summed E-state index contributed by atoms with van der Waals surface area (Å²) < 4.78 is 5.32. The third kappa shape index (κ3) is 6.99. The van der Waals surface area contributed by atoms with Crippen LogP contribution in [0.1, 0.15) is 94.9 Å². The molecule has 1 aromatic rings. The highest BCUT2D eigenvalue weighted by Gasteiger charge is 2.42. The summed E-state index contributed by atoms with van der Waals surface area (Å²) in [6, 6.07) is 3.69. The van der Waals surface area contributed by atoms with Crippen LogP contribution in [-0.2, 0) is 14.3 Å². The Balaban J connectivity index is 1.96. The number of carbonyl (C=O) groups excluding carboxylic acids is 3. The summed E-state index contributed by atoms with van der Waals surface area (Å²) in [5, 5.41) is 15.8. The number of aryl methyl sites for hydroxylation is 1. The lowest BCUT2D eigenvalue weighted by atomic mass is 9.86. The minimum atomic E-state index is -1.21. The van der Waals surface area contributed by atoms with Crippen LogP contribution in [0.4, 0.5) is 4.79 Å². The number of benzene rings is 1. The van der Waals surface area contributed by atoms with Gasteiger partial charge in [-0.15, -0.1) is 0 Å². The molecule has 3 rings (SSSR count). The van der Waals surface area contributed by atoms with E-state index in [0.717, 1.165) is 61.6 Å². The van der Waals surface area contributed by atoms with Crippen molar-refractivity contribution in [2.45, 2.75) is 116 Å². The molecule has 200 valence electrons. The number of alkyl carbamates (subject to hydrolysis) is 1. The average Bonchev–Trinajstić information content (AvgIpc) is 2.77. The van der Waals surface area contributed by atoms with Crippen molar-refractivity contribution >= 4 is 17.9 Å². The zero-order valence-electron chi connectivity index (χ0n) is 22.4. The first-order chi connectivity index (χ1) is 17.0. The number of hydrogen-bond donors (Lipinski definition) is 3. The van der Waals surface area contributed by atoms with Gasteiger partial charge in [-0.25, -0.2) is 4.79 Å². The number of ether oxygens (including phenoxy) is 1. The molecule has 0 radical (unpaired) electrons. The summed E-state index contributed by atoms with van der Waals surface area (Å²) in [5.41, 5.74) is 2.02. The van der Waals surface area contributed by atoms with Crippen molar-refractivity contribution in [3.63, 3.8) is 0 Å². The van der Waals surface area contributed by atoms with E-state index in [4.69, 9.17) is 4.74 Å². The molecule has 3 amide bonds. The minimum absolute atomic E-state index is 0.0886. The lowest BCUT2D eigenvalue weighted by Gasteiger charge is -2.44. The van der Waals surface area contributed by atoms with E-state index in [9.17, 15) is 19.5 Å². The number of amides is 3. The summed E-state index contributed by atoms with van der Waals surface area (Å²) >= 11 is 0. The van der Waals surface area contributed by atoms with E-state index >= 15 is 0 Å². The molecule has 0 aromatic heterocycles. The molecule has 2 atom stereocenters. The predicted molar refractivity (Wildman–Crippen MR) is 138 cm³/mol. The van der Waals surface area contributed by atoms with Crippen LogP contribution in [0.5, 0.6) is 0 Å². The fourth-order valence-electron chi connectivity index (χ4n) is 5.01. The Morgan fingerprint density at radius 3 is 2.28 bits per heavy atom. The number of hydrogen-bond acceptors (Lipinski definition) is 5.